The van der Waals surface area contributed by atoms with Crippen LogP contribution < -0.4 is 0 Å². The number of aliphatic hydroxyl groups is 1. The molecule has 0 aromatic carbocycles. The first-order chi connectivity index (χ1) is 21.8. The van der Waals surface area contributed by atoms with Gasteiger partial charge in [-0.15, -0.1) is 0 Å². The number of hydrogen-bond acceptors (Lipinski definition) is 9. The lowest BCUT2D eigenvalue weighted by molar-refractivity contribution is -0.165. The molecule has 0 saturated heterocycles. The summed E-state index contributed by atoms with van der Waals surface area (Å²) in [5.41, 5.74) is 1.66. The summed E-state index contributed by atoms with van der Waals surface area (Å²) in [5.74, 6) is 2.06. The third-order valence-corrected chi connectivity index (χ3v) is 12.7. The van der Waals surface area contributed by atoms with E-state index in [1.807, 2.05) is 13.8 Å². The first kappa shape index (κ1) is 36.7. The van der Waals surface area contributed by atoms with Crippen LogP contribution in [0.2, 0.25) is 0 Å². The number of carbonyl (C=O) groups is 2. The van der Waals surface area contributed by atoms with Gasteiger partial charge in [-0.25, -0.2) is 9.59 Å². The normalized spacial score (nSPS) is 34.1. The van der Waals surface area contributed by atoms with Gasteiger partial charge in [-0.3, -0.25) is 0 Å². The Labute approximate surface area is 276 Å². The molecule has 0 aliphatic heterocycles. The van der Waals surface area contributed by atoms with Gasteiger partial charge in [0.2, 0.25) is 0 Å². The first-order valence-electron chi connectivity index (χ1n) is 17.5. The van der Waals surface area contributed by atoms with Gasteiger partial charge in [0.1, 0.15) is 19.0 Å². The van der Waals surface area contributed by atoms with Crippen LogP contribution >= 0.6 is 0 Å². The fourth-order valence-corrected chi connectivity index (χ4v) is 9.79. The molecule has 0 spiro atoms. The van der Waals surface area contributed by atoms with E-state index in [1.54, 1.807) is 7.11 Å². The maximum absolute atomic E-state index is 12.5. The van der Waals surface area contributed by atoms with Crippen molar-refractivity contribution in [1.82, 2.24) is 0 Å². The number of hydrogen-bond donors (Lipinski definition) is 1. The molecular weight excluding hydrogens is 588 g/mol. The van der Waals surface area contributed by atoms with E-state index >= 15 is 0 Å². The van der Waals surface area contributed by atoms with Gasteiger partial charge in [0.15, 0.2) is 0 Å². The zero-order chi connectivity index (χ0) is 33.9. The summed E-state index contributed by atoms with van der Waals surface area (Å²) in [5, 5.41) is 11.4. The average Bonchev–Trinajstić information content (AvgIpc) is 3.39. The molecule has 1 N–H and O–H groups in total. The van der Waals surface area contributed by atoms with E-state index in [9.17, 15) is 14.7 Å². The van der Waals surface area contributed by atoms with E-state index < -0.39 is 41.6 Å². The van der Waals surface area contributed by atoms with Crippen LogP contribution in [-0.2, 0) is 28.4 Å². The number of fused-ring (bicyclic) bond motifs is 5. The van der Waals surface area contributed by atoms with Crippen molar-refractivity contribution in [3.63, 3.8) is 0 Å². The van der Waals surface area contributed by atoms with E-state index in [1.165, 1.54) is 26.2 Å². The number of ether oxygens (including phenoxy) is 6. The Morgan fingerprint density at radius 1 is 1.02 bits per heavy atom. The van der Waals surface area contributed by atoms with Crippen molar-refractivity contribution in [2.24, 2.45) is 40.4 Å². The van der Waals surface area contributed by atoms with Crippen LogP contribution in [0, 0.1) is 40.4 Å². The minimum Gasteiger partial charge on any atom is -0.438 e. The van der Waals surface area contributed by atoms with Crippen LogP contribution in [-0.4, -0.2) is 69.5 Å². The fraction of sp³-hybridized carbons (Fsp3) is 0.838. The Balaban J connectivity index is 1.59. The predicted molar refractivity (Wildman–Crippen MR) is 175 cm³/mol. The molecule has 0 bridgehead atoms. The van der Waals surface area contributed by atoms with Gasteiger partial charge in [0.05, 0.1) is 25.9 Å². The second kappa shape index (κ2) is 15.0. The van der Waals surface area contributed by atoms with Gasteiger partial charge < -0.3 is 33.5 Å². The van der Waals surface area contributed by atoms with Crippen LogP contribution in [0.5, 0.6) is 0 Å². The molecule has 9 nitrogen and oxygen atoms in total. The van der Waals surface area contributed by atoms with Gasteiger partial charge in [0, 0.05) is 25.4 Å². The molecule has 4 aliphatic carbocycles. The summed E-state index contributed by atoms with van der Waals surface area (Å²) in [6, 6.07) is 0. The molecule has 4 rings (SSSR count). The topological polar surface area (TPSA) is 110 Å². The summed E-state index contributed by atoms with van der Waals surface area (Å²) in [7, 11) is 4.23. The van der Waals surface area contributed by atoms with E-state index in [0.29, 0.717) is 42.9 Å². The highest BCUT2D eigenvalue weighted by Crippen LogP contribution is 2.67. The number of methoxy groups -OCH3 is 3. The fourth-order valence-electron chi connectivity index (χ4n) is 9.79. The molecular formula is C37H60O9. The first-order valence-corrected chi connectivity index (χ1v) is 17.5. The number of unbranched alkanes of at least 4 members (excludes halogenated alkanes) is 1. The summed E-state index contributed by atoms with van der Waals surface area (Å²) < 4.78 is 32.3. The molecule has 2 unspecified atom stereocenters. The molecule has 0 heterocycles. The standard InChI is InChI=1S/C37H60O9/c1-10-11-12-24(19-31(38)35(3,4)44-22-41-7)23(2)28-15-16-29-27-14-13-25-20-26(45-33(39)42-8)21-32(46-34(40)43-9)37(25,6)30(27)17-18-36(28,29)5/h13-14,23-24,26,28-32,38H,10-12,15-22H2,1-9H3/t23-,24-,26+,28+,29-,30?,31?,32-,36+,37-/m0/s1. The van der Waals surface area contributed by atoms with Crippen LogP contribution in [0.25, 0.3) is 0 Å². The maximum atomic E-state index is 12.5. The zero-order valence-electron chi connectivity index (χ0n) is 29.8. The van der Waals surface area contributed by atoms with Crippen molar-refractivity contribution in [3.8, 4) is 0 Å². The number of carbonyl (C=O) groups excluding carboxylic acids is 2. The highest BCUT2D eigenvalue weighted by atomic mass is 16.7. The SMILES string of the molecule is CCCC[C@@H](CC(O)C(C)(C)OCOC)[C@H](C)[C@H]1CC[C@H]2C3=CC=C4C[C@@H](OC(=O)OC)C[C@H](OC(=O)OC)[C@]4(C)C3CC[C@]12C. The minimum atomic E-state index is -0.728. The number of allylic oxidation sites excluding steroid dienone is 3. The highest BCUT2D eigenvalue weighted by Gasteiger charge is 2.60. The second-order valence-electron chi connectivity index (χ2n) is 15.3. The van der Waals surface area contributed by atoms with Crippen molar-refractivity contribution >= 4 is 12.3 Å². The second-order valence-corrected chi connectivity index (χ2v) is 15.3. The Bertz CT molecular complexity index is 1130. The molecule has 0 radical (unpaired) electrons. The molecule has 9 heteroatoms. The molecule has 0 amide bonds. The lowest BCUT2D eigenvalue weighted by Gasteiger charge is -2.57. The summed E-state index contributed by atoms with van der Waals surface area (Å²) >= 11 is 0. The van der Waals surface area contributed by atoms with Crippen molar-refractivity contribution in [2.75, 3.05) is 28.1 Å². The molecule has 0 aromatic heterocycles. The maximum Gasteiger partial charge on any atom is 0.508 e. The molecule has 3 fully saturated rings. The molecule has 3 saturated carbocycles. The number of rotatable bonds is 13. The molecule has 46 heavy (non-hydrogen) atoms. The van der Waals surface area contributed by atoms with Crippen molar-refractivity contribution in [2.45, 2.75) is 130 Å². The van der Waals surface area contributed by atoms with Crippen molar-refractivity contribution in [3.05, 3.63) is 23.3 Å². The van der Waals surface area contributed by atoms with E-state index in [2.05, 4.69) is 39.8 Å². The minimum absolute atomic E-state index is 0.144. The highest BCUT2D eigenvalue weighted by molar-refractivity contribution is 5.61. The zero-order valence-corrected chi connectivity index (χ0v) is 29.8. The Kier molecular flexibility index (Phi) is 12.0. The Morgan fingerprint density at radius 3 is 2.37 bits per heavy atom. The Morgan fingerprint density at radius 2 is 1.72 bits per heavy atom. The third-order valence-electron chi connectivity index (χ3n) is 12.7. The van der Waals surface area contributed by atoms with Gasteiger partial charge in [-0.1, -0.05) is 70.3 Å². The van der Waals surface area contributed by atoms with E-state index in [4.69, 9.17) is 28.4 Å². The number of aliphatic hydroxyl groups excluding tert-OH is 1. The van der Waals surface area contributed by atoms with E-state index in [0.717, 1.165) is 44.1 Å². The van der Waals surface area contributed by atoms with Gasteiger partial charge in [0.25, 0.3) is 0 Å². The predicted octanol–water partition coefficient (Wildman–Crippen LogP) is 7.99. The molecule has 262 valence electrons. The largest absolute Gasteiger partial charge is 0.508 e. The van der Waals surface area contributed by atoms with Crippen LogP contribution in [0.15, 0.2) is 23.3 Å². The Hall–Kier alpha value is -2.10. The quantitative estimate of drug-likeness (QED) is 0.157. The van der Waals surface area contributed by atoms with E-state index in [-0.39, 0.29) is 18.1 Å². The van der Waals surface area contributed by atoms with Gasteiger partial charge in [-0.2, -0.15) is 0 Å². The average molecular weight is 649 g/mol. The lowest BCUT2D eigenvalue weighted by atomic mass is 9.49. The summed E-state index contributed by atoms with van der Waals surface area (Å²) in [6.07, 6.45) is 11.1. The van der Waals surface area contributed by atoms with Crippen LogP contribution in [0.3, 0.4) is 0 Å². The van der Waals surface area contributed by atoms with Crippen LogP contribution in [0.4, 0.5) is 9.59 Å². The van der Waals surface area contributed by atoms with Gasteiger partial charge >= 0.3 is 12.3 Å². The molecule has 10 atom stereocenters. The van der Waals surface area contributed by atoms with Gasteiger partial charge in [-0.05, 0) is 81.0 Å². The monoisotopic (exact) mass is 648 g/mol. The molecule has 4 aliphatic rings. The summed E-state index contributed by atoms with van der Waals surface area (Å²) in [6.45, 7) is 13.5. The smallest absolute Gasteiger partial charge is 0.438 e. The van der Waals surface area contributed by atoms with Crippen molar-refractivity contribution in [1.29, 1.82) is 0 Å². The lowest BCUT2D eigenvalue weighted by Crippen LogP contribution is -2.54. The molecule has 0 aromatic rings. The summed E-state index contributed by atoms with van der Waals surface area (Å²) in [4.78, 5) is 24.5. The third kappa shape index (κ3) is 7.17. The van der Waals surface area contributed by atoms with Crippen LogP contribution in [0.1, 0.15) is 106 Å². The van der Waals surface area contributed by atoms with Crippen molar-refractivity contribution < 1.29 is 43.1 Å².